The summed E-state index contributed by atoms with van der Waals surface area (Å²) in [6.07, 6.45) is 4.51. The summed E-state index contributed by atoms with van der Waals surface area (Å²) in [7, 11) is 1.59. The molecule has 4 rings (SSSR count). The van der Waals surface area contributed by atoms with Crippen molar-refractivity contribution in [3.63, 3.8) is 0 Å². The largest absolute Gasteiger partial charge is 0.379 e. The molecular weight excluding hydrogens is 436 g/mol. The number of hydrogen-bond donors (Lipinski definition) is 1. The van der Waals surface area contributed by atoms with Crippen LogP contribution in [0.3, 0.4) is 0 Å². The molecular formula is C23H32N8O3. The Kier molecular flexibility index (Phi) is 7.03. The van der Waals surface area contributed by atoms with Crippen LogP contribution in [0.4, 0.5) is 5.82 Å². The number of nitrogens with zero attached hydrogens (tertiary/aromatic N) is 7. The van der Waals surface area contributed by atoms with Gasteiger partial charge in [0.05, 0.1) is 23.9 Å². The SMILES string of the molecule is CCn1c(-c2cnc(C)nc2)nc2c(N[C@H](C(=O)N3CC(C)OC(C)C3)[C@H](C)OC)ncnc21. The van der Waals surface area contributed by atoms with Gasteiger partial charge in [0.15, 0.2) is 17.0 Å². The minimum absolute atomic E-state index is 0.0310. The molecule has 4 heterocycles. The molecule has 11 nitrogen and oxygen atoms in total. The second-order valence-electron chi connectivity index (χ2n) is 8.66. The van der Waals surface area contributed by atoms with Gasteiger partial charge in [-0.05, 0) is 34.6 Å². The molecule has 1 saturated heterocycles. The third-order valence-corrected chi connectivity index (χ3v) is 6.02. The molecule has 1 aliphatic rings. The molecule has 1 fully saturated rings. The van der Waals surface area contributed by atoms with Gasteiger partial charge in [-0.2, -0.15) is 0 Å². The van der Waals surface area contributed by atoms with Gasteiger partial charge in [0.25, 0.3) is 0 Å². The van der Waals surface area contributed by atoms with Crippen LogP contribution >= 0.6 is 0 Å². The Hall–Kier alpha value is -3.18. The number of aryl methyl sites for hydroxylation is 2. The molecule has 0 radical (unpaired) electrons. The zero-order valence-corrected chi connectivity index (χ0v) is 20.5. The van der Waals surface area contributed by atoms with Gasteiger partial charge >= 0.3 is 0 Å². The van der Waals surface area contributed by atoms with Crippen molar-refractivity contribution in [1.29, 1.82) is 0 Å². The quantitative estimate of drug-likeness (QED) is 0.555. The summed E-state index contributed by atoms with van der Waals surface area (Å²) in [5.41, 5.74) is 2.02. The molecule has 1 N–H and O–H groups in total. The lowest BCUT2D eigenvalue weighted by molar-refractivity contribution is -0.146. The Morgan fingerprint density at radius 1 is 1.21 bits per heavy atom. The predicted octanol–water partition coefficient (Wildman–Crippen LogP) is 2.06. The molecule has 1 amide bonds. The van der Waals surface area contributed by atoms with Crippen LogP contribution in [0.5, 0.6) is 0 Å². The first-order chi connectivity index (χ1) is 16.3. The fraction of sp³-hybridized carbons (Fsp3) is 0.565. The Bertz CT molecular complexity index is 1140. The number of anilines is 1. The van der Waals surface area contributed by atoms with Crippen molar-refractivity contribution in [1.82, 2.24) is 34.4 Å². The third kappa shape index (κ3) is 4.71. The molecule has 34 heavy (non-hydrogen) atoms. The van der Waals surface area contributed by atoms with Crippen molar-refractivity contribution in [3.05, 3.63) is 24.5 Å². The number of carbonyl (C=O) groups excluding carboxylic acids is 1. The minimum atomic E-state index is -0.654. The molecule has 4 atom stereocenters. The number of carbonyl (C=O) groups is 1. The van der Waals surface area contributed by atoms with Gasteiger partial charge in [0.2, 0.25) is 5.91 Å². The Morgan fingerprint density at radius 2 is 1.88 bits per heavy atom. The number of imidazole rings is 1. The molecule has 0 aliphatic carbocycles. The number of rotatable bonds is 7. The monoisotopic (exact) mass is 468 g/mol. The van der Waals surface area contributed by atoms with Crippen LogP contribution in [0.15, 0.2) is 18.7 Å². The van der Waals surface area contributed by atoms with Gasteiger partial charge in [0.1, 0.15) is 24.0 Å². The van der Waals surface area contributed by atoms with Crippen LogP contribution in [-0.4, -0.2) is 84.8 Å². The van der Waals surface area contributed by atoms with Crippen molar-refractivity contribution in [2.75, 3.05) is 25.5 Å². The maximum absolute atomic E-state index is 13.6. The Morgan fingerprint density at radius 3 is 2.50 bits per heavy atom. The topological polar surface area (TPSA) is 120 Å². The van der Waals surface area contributed by atoms with Gasteiger partial charge in [-0.25, -0.2) is 24.9 Å². The zero-order valence-electron chi connectivity index (χ0n) is 20.5. The number of hydrogen-bond acceptors (Lipinski definition) is 9. The van der Waals surface area contributed by atoms with E-state index in [0.29, 0.717) is 48.3 Å². The smallest absolute Gasteiger partial charge is 0.247 e. The lowest BCUT2D eigenvalue weighted by Gasteiger charge is -2.38. The average Bonchev–Trinajstić information content (AvgIpc) is 3.21. The molecule has 1 aliphatic heterocycles. The second kappa shape index (κ2) is 9.98. The van der Waals surface area contributed by atoms with E-state index in [0.717, 1.165) is 5.56 Å². The molecule has 0 saturated carbocycles. The fourth-order valence-electron chi connectivity index (χ4n) is 4.29. The first-order valence-corrected chi connectivity index (χ1v) is 11.6. The standard InChI is InChI=1S/C23H32N8O3/c1-7-31-21(17-8-24-16(5)25-9-17)29-19-20(26-12-27-22(19)31)28-18(15(4)33-6)23(32)30-10-13(2)34-14(3)11-30/h8-9,12-15,18H,7,10-11H2,1-6H3,(H,26,27,28)/t13?,14?,15-,18-/m0/s1. The van der Waals surface area contributed by atoms with Gasteiger partial charge in [0, 0.05) is 39.1 Å². The highest BCUT2D eigenvalue weighted by molar-refractivity contribution is 5.91. The summed E-state index contributed by atoms with van der Waals surface area (Å²) in [6.45, 7) is 11.4. The van der Waals surface area contributed by atoms with Gasteiger partial charge in [-0.3, -0.25) is 4.79 Å². The summed E-state index contributed by atoms with van der Waals surface area (Å²) < 4.78 is 13.3. The molecule has 11 heteroatoms. The van der Waals surface area contributed by atoms with E-state index < -0.39 is 12.1 Å². The number of ether oxygens (including phenoxy) is 2. The minimum Gasteiger partial charge on any atom is -0.379 e. The van der Waals surface area contributed by atoms with Gasteiger partial charge in [-0.1, -0.05) is 0 Å². The Balaban J connectivity index is 1.71. The molecule has 0 bridgehead atoms. The van der Waals surface area contributed by atoms with Crippen LogP contribution in [0, 0.1) is 6.92 Å². The second-order valence-corrected chi connectivity index (χ2v) is 8.66. The van der Waals surface area contributed by atoms with E-state index >= 15 is 0 Å². The van der Waals surface area contributed by atoms with Crippen molar-refractivity contribution in [2.24, 2.45) is 0 Å². The van der Waals surface area contributed by atoms with E-state index in [2.05, 4.69) is 25.3 Å². The number of methoxy groups -OCH3 is 1. The van der Waals surface area contributed by atoms with Crippen molar-refractivity contribution in [2.45, 2.75) is 65.5 Å². The van der Waals surface area contributed by atoms with E-state index in [1.54, 1.807) is 19.5 Å². The molecule has 2 unspecified atom stereocenters. The van der Waals surface area contributed by atoms with E-state index in [1.165, 1.54) is 6.33 Å². The maximum Gasteiger partial charge on any atom is 0.247 e. The van der Waals surface area contributed by atoms with E-state index in [-0.39, 0.29) is 18.1 Å². The summed E-state index contributed by atoms with van der Waals surface area (Å²) >= 11 is 0. The Labute approximate surface area is 198 Å². The highest BCUT2D eigenvalue weighted by Gasteiger charge is 2.34. The lowest BCUT2D eigenvalue weighted by Crippen LogP contribution is -2.55. The maximum atomic E-state index is 13.6. The molecule has 0 aromatic carbocycles. The average molecular weight is 469 g/mol. The van der Waals surface area contributed by atoms with Crippen molar-refractivity contribution in [3.8, 4) is 11.4 Å². The van der Waals surface area contributed by atoms with Crippen LogP contribution in [0.25, 0.3) is 22.6 Å². The van der Waals surface area contributed by atoms with Crippen LogP contribution in [-0.2, 0) is 20.8 Å². The van der Waals surface area contributed by atoms with Crippen LogP contribution in [0.1, 0.15) is 33.5 Å². The fourth-order valence-corrected chi connectivity index (χ4v) is 4.29. The lowest BCUT2D eigenvalue weighted by atomic mass is 10.1. The summed E-state index contributed by atoms with van der Waals surface area (Å²) in [5.74, 6) is 1.79. The van der Waals surface area contributed by atoms with Gasteiger partial charge in [-0.15, -0.1) is 0 Å². The highest BCUT2D eigenvalue weighted by Crippen LogP contribution is 2.27. The molecule has 3 aromatic rings. The number of aromatic nitrogens is 6. The normalized spacial score (nSPS) is 20.4. The van der Waals surface area contributed by atoms with E-state index in [4.69, 9.17) is 14.5 Å². The van der Waals surface area contributed by atoms with Crippen LogP contribution in [0.2, 0.25) is 0 Å². The van der Waals surface area contributed by atoms with E-state index in [9.17, 15) is 4.79 Å². The van der Waals surface area contributed by atoms with Crippen molar-refractivity contribution < 1.29 is 14.3 Å². The molecule has 0 spiro atoms. The first kappa shape index (κ1) is 24.0. The predicted molar refractivity (Wildman–Crippen MR) is 127 cm³/mol. The summed E-state index contributed by atoms with van der Waals surface area (Å²) in [6, 6.07) is -0.654. The van der Waals surface area contributed by atoms with Gasteiger partial charge < -0.3 is 24.3 Å². The highest BCUT2D eigenvalue weighted by atomic mass is 16.5. The number of nitrogens with one attached hydrogen (secondary N) is 1. The summed E-state index contributed by atoms with van der Waals surface area (Å²) in [4.78, 5) is 37.7. The first-order valence-electron chi connectivity index (χ1n) is 11.6. The van der Waals surface area contributed by atoms with Crippen molar-refractivity contribution >= 4 is 22.9 Å². The zero-order chi connectivity index (χ0) is 24.4. The van der Waals surface area contributed by atoms with Crippen LogP contribution < -0.4 is 5.32 Å². The molecule has 3 aromatic heterocycles. The number of morpholine rings is 1. The third-order valence-electron chi connectivity index (χ3n) is 6.02. The number of fused-ring (bicyclic) bond motifs is 1. The number of amides is 1. The molecule has 182 valence electrons. The van der Waals surface area contributed by atoms with E-state index in [1.807, 2.05) is 44.1 Å². The summed E-state index contributed by atoms with van der Waals surface area (Å²) in [5, 5.41) is 3.31.